The normalized spacial score (nSPS) is 14.5. The van der Waals surface area contributed by atoms with E-state index in [0.717, 1.165) is 139 Å². The van der Waals surface area contributed by atoms with Gasteiger partial charge in [0.1, 0.15) is 28.7 Å². The second-order valence-electron chi connectivity index (χ2n) is 30.8. The Balaban J connectivity index is 0.000000190. The van der Waals surface area contributed by atoms with Crippen molar-refractivity contribution < 1.29 is 70.8 Å². The zero-order chi connectivity index (χ0) is 79.8. The number of rotatable bonds is 23. The third kappa shape index (κ3) is 26.2. The van der Waals surface area contributed by atoms with Crippen LogP contribution in [0.3, 0.4) is 0 Å². The lowest BCUT2D eigenvalue weighted by atomic mass is 9.78. The maximum Gasteiger partial charge on any atom is 0.158 e. The Kier molecular flexibility index (Phi) is 32.4. The summed E-state index contributed by atoms with van der Waals surface area (Å²) in [6, 6.07) is 56.6. The fraction of sp³-hybridized carbons (Fsp3) is 0.368. The minimum atomic E-state index is -0.182. The number of aliphatic hydroxyl groups excluding tert-OH is 1. The van der Waals surface area contributed by atoms with Gasteiger partial charge in [0.2, 0.25) is 0 Å². The van der Waals surface area contributed by atoms with E-state index in [1.807, 2.05) is 61.5 Å². The lowest BCUT2D eigenvalue weighted by Gasteiger charge is -2.27. The monoisotopic (exact) mass is 1480 g/mol. The Hall–Kier alpha value is -10.4. The summed E-state index contributed by atoms with van der Waals surface area (Å²) in [5.41, 5.74) is 18.3. The Morgan fingerprint density at radius 2 is 0.651 bits per heavy atom. The average molecular weight is 1480 g/mol. The molecule has 0 saturated heterocycles. The molecular weight excluding hydrogens is 1370 g/mol. The first-order chi connectivity index (χ1) is 51.8. The second kappa shape index (κ2) is 41.2. The summed E-state index contributed by atoms with van der Waals surface area (Å²) >= 11 is 0. The van der Waals surface area contributed by atoms with Crippen molar-refractivity contribution in [2.75, 3.05) is 14.2 Å². The summed E-state index contributed by atoms with van der Waals surface area (Å²) in [4.78, 5) is 0. The number of hydrogen-bond acceptors (Lipinski definition) is 14. The van der Waals surface area contributed by atoms with Crippen molar-refractivity contribution in [3.63, 3.8) is 0 Å². The molecule has 109 heavy (non-hydrogen) atoms. The van der Waals surface area contributed by atoms with E-state index in [1.54, 1.807) is 68.8 Å². The number of aromatic hydroxyl groups is 11. The molecule has 11 rings (SSSR count). The largest absolute Gasteiger partial charge is 0.508 e. The first kappa shape index (κ1) is 85.8. The highest BCUT2D eigenvalue weighted by atomic mass is 16.5. The summed E-state index contributed by atoms with van der Waals surface area (Å²) in [6.07, 6.45) is 11.4. The van der Waals surface area contributed by atoms with Crippen LogP contribution < -0.4 is 9.47 Å². The van der Waals surface area contributed by atoms with Gasteiger partial charge in [-0.25, -0.2) is 0 Å². The fourth-order valence-corrected chi connectivity index (χ4v) is 14.1. The van der Waals surface area contributed by atoms with Crippen LogP contribution in [0.4, 0.5) is 0 Å². The SMILES string of the molecule is CC1Cc2cc(O)c(O)cc2-c2cc(O)c(O)cc2CC1C.COc1ccc(CC(C)C(C)Cc2ccc(CO)c(O)c2)cc1C.COc1ccc(CC(C)C(C)Cc2ccc(O)c(O)c2)cc1C.Cc1cc(CCCCc2ccc(O)c(O)c2)ccc1O.Cc1cccc(CC(C)C(C)Cc2cccc(O)c2)c1. The van der Waals surface area contributed by atoms with Crippen molar-refractivity contribution in [3.8, 4) is 85.9 Å². The van der Waals surface area contributed by atoms with Crippen molar-refractivity contribution in [1.29, 1.82) is 0 Å². The Morgan fingerprint density at radius 1 is 0.321 bits per heavy atom. The average Bonchev–Trinajstić information content (AvgIpc) is 0.774. The molecule has 0 saturated carbocycles. The standard InChI is InChI=1S/C21H28O3.C20H26O3.C19H24O.C18H20O4.C17H20O3/c1-14(9-17-6-8-21(24-4)16(3)11-17)15(2)10-18-5-7-19(13-22)20(23)12-18;1-13(9-16-6-8-20(23-4)15(3)11-16)14(2)10-17-5-7-18(21)19(22)12-17;1-14-6-4-7-17(10-14)11-15(2)16(3)12-18-8-5-9-19(20)13-18;1-9-3-11-5-15(19)17(21)7-13(11)14-8-18(22)16(20)6-12(14)4-10(9)2;1-12-10-13(6-8-15(12)18)4-2-3-5-14-7-9-16(19)17(20)11-14/h5-8,11-12,14-15,22-23H,9-10,13H2,1-4H3;5-8,11-14,21-22H,9-10H2,1-4H3;4-10,13,15-16,20H,11-12H2,1-3H3;5-10,19-22H,3-4H2,1-2H3;6-11,18-20H,2-5H2,1H3. The van der Waals surface area contributed by atoms with E-state index in [2.05, 4.69) is 131 Å². The van der Waals surface area contributed by atoms with E-state index in [9.17, 15) is 56.2 Å². The molecule has 10 aromatic carbocycles. The second-order valence-corrected chi connectivity index (χ2v) is 30.8. The number of methoxy groups -OCH3 is 2. The molecule has 14 nitrogen and oxygen atoms in total. The van der Waals surface area contributed by atoms with Gasteiger partial charge in [0.15, 0.2) is 46.0 Å². The molecule has 8 atom stereocenters. The van der Waals surface area contributed by atoms with Gasteiger partial charge in [-0.15, -0.1) is 0 Å². The number of aliphatic hydroxyl groups is 1. The number of fused-ring (bicyclic) bond motifs is 3. The fourth-order valence-electron chi connectivity index (χ4n) is 14.1. The highest BCUT2D eigenvalue weighted by molar-refractivity contribution is 5.76. The number of unbranched alkanes of at least 4 members (excludes halogenated alkanes) is 1. The van der Waals surface area contributed by atoms with Crippen molar-refractivity contribution in [1.82, 2.24) is 0 Å². The van der Waals surface area contributed by atoms with Crippen LogP contribution >= 0.6 is 0 Å². The number of hydrogen-bond donors (Lipinski definition) is 12. The van der Waals surface area contributed by atoms with E-state index >= 15 is 0 Å². The summed E-state index contributed by atoms with van der Waals surface area (Å²) in [5, 5.41) is 115. The maximum atomic E-state index is 9.89. The van der Waals surface area contributed by atoms with Crippen molar-refractivity contribution in [2.45, 2.75) is 167 Å². The van der Waals surface area contributed by atoms with Crippen molar-refractivity contribution in [2.24, 2.45) is 47.3 Å². The molecule has 0 fully saturated rings. The molecule has 0 spiro atoms. The molecule has 10 aromatic rings. The van der Waals surface area contributed by atoms with Crippen LogP contribution in [0.1, 0.15) is 152 Å². The molecule has 1 aliphatic carbocycles. The third-order valence-electron chi connectivity index (χ3n) is 21.8. The Bertz CT molecular complexity index is 4330. The number of ether oxygens (including phenoxy) is 2. The number of phenols is 11. The summed E-state index contributed by atoms with van der Waals surface area (Å²) in [5.74, 6) is 5.87. The van der Waals surface area contributed by atoms with Crippen LogP contribution in [-0.2, 0) is 70.8 Å². The van der Waals surface area contributed by atoms with Gasteiger partial charge in [-0.3, -0.25) is 0 Å². The zero-order valence-corrected chi connectivity index (χ0v) is 66.3. The molecule has 0 amide bonds. The van der Waals surface area contributed by atoms with Gasteiger partial charge in [-0.05, 0) is 320 Å². The third-order valence-corrected chi connectivity index (χ3v) is 21.8. The zero-order valence-electron chi connectivity index (χ0n) is 66.3. The smallest absolute Gasteiger partial charge is 0.158 e. The Labute approximate surface area is 646 Å². The molecule has 1 aliphatic rings. The van der Waals surface area contributed by atoms with Gasteiger partial charge < -0.3 is 70.8 Å². The van der Waals surface area contributed by atoms with Gasteiger partial charge in [0, 0.05) is 5.56 Å². The number of aryl methyl sites for hydroxylation is 6. The van der Waals surface area contributed by atoms with E-state index in [0.29, 0.717) is 64.4 Å². The number of benzene rings is 10. The van der Waals surface area contributed by atoms with Gasteiger partial charge in [-0.2, -0.15) is 0 Å². The van der Waals surface area contributed by atoms with Crippen LogP contribution in [0.5, 0.6) is 74.7 Å². The summed E-state index contributed by atoms with van der Waals surface area (Å²) in [6.45, 7) is 26.0. The molecule has 0 bridgehead atoms. The quantitative estimate of drug-likeness (QED) is 0.0210. The summed E-state index contributed by atoms with van der Waals surface area (Å²) < 4.78 is 10.6. The first-order valence-electron chi connectivity index (χ1n) is 38.2. The molecule has 0 heterocycles. The van der Waals surface area contributed by atoms with E-state index in [4.69, 9.17) is 14.6 Å². The highest BCUT2D eigenvalue weighted by Crippen LogP contribution is 2.44. The molecule has 0 aromatic heterocycles. The minimum absolute atomic E-state index is 0.0480. The predicted octanol–water partition coefficient (Wildman–Crippen LogP) is 20.7. The minimum Gasteiger partial charge on any atom is -0.508 e. The van der Waals surface area contributed by atoms with Crippen LogP contribution in [0, 0.1) is 75.0 Å². The van der Waals surface area contributed by atoms with Gasteiger partial charge in [0.05, 0.1) is 20.8 Å². The lowest BCUT2D eigenvalue weighted by molar-refractivity contribution is 0.275. The van der Waals surface area contributed by atoms with Gasteiger partial charge in [0.25, 0.3) is 0 Å². The van der Waals surface area contributed by atoms with Gasteiger partial charge >= 0.3 is 0 Å². The van der Waals surface area contributed by atoms with Crippen LogP contribution in [0.2, 0.25) is 0 Å². The molecule has 14 heteroatoms. The van der Waals surface area contributed by atoms with Crippen LogP contribution in [0.15, 0.2) is 182 Å². The van der Waals surface area contributed by atoms with E-state index < -0.39 is 0 Å². The van der Waals surface area contributed by atoms with Crippen LogP contribution in [0.25, 0.3) is 11.1 Å². The van der Waals surface area contributed by atoms with Gasteiger partial charge in [-0.1, -0.05) is 158 Å². The topological polar surface area (TPSA) is 261 Å². The highest BCUT2D eigenvalue weighted by Gasteiger charge is 2.26. The maximum absolute atomic E-state index is 9.89. The van der Waals surface area contributed by atoms with Crippen molar-refractivity contribution >= 4 is 0 Å². The lowest BCUT2D eigenvalue weighted by Crippen LogP contribution is -2.17. The molecule has 582 valence electrons. The Morgan fingerprint density at radius 3 is 1.04 bits per heavy atom. The number of phenolic OH excluding ortho intramolecular Hbond substituents is 10. The molecular formula is C95H118O14. The molecule has 0 radical (unpaired) electrons. The summed E-state index contributed by atoms with van der Waals surface area (Å²) in [7, 11) is 3.39. The van der Waals surface area contributed by atoms with Crippen LogP contribution in [-0.4, -0.2) is 75.5 Å². The molecule has 0 aliphatic heterocycles. The first-order valence-corrected chi connectivity index (χ1v) is 38.2. The van der Waals surface area contributed by atoms with E-state index in [1.165, 1.54) is 57.1 Å². The van der Waals surface area contributed by atoms with Crippen molar-refractivity contribution in [3.05, 3.63) is 265 Å². The molecule has 8 unspecified atom stereocenters. The molecule has 12 N–H and O–H groups in total. The van der Waals surface area contributed by atoms with E-state index in [-0.39, 0.29) is 58.4 Å². The predicted molar refractivity (Wildman–Crippen MR) is 439 cm³/mol.